The summed E-state index contributed by atoms with van der Waals surface area (Å²) in [5.74, 6) is 0.139. The standard InChI is InChI=1S/C7H13NO2S2/c1-12(9,10)6-3-2-5(4-6)7(8)11/h5-6H,2-4H2,1H3,(H2,8,11)/t5-,6+/m1/s1. The second kappa shape index (κ2) is 3.30. The topological polar surface area (TPSA) is 60.2 Å². The molecule has 12 heavy (non-hydrogen) atoms. The van der Waals surface area contributed by atoms with E-state index in [0.717, 1.165) is 6.42 Å². The molecule has 70 valence electrons. The third kappa shape index (κ3) is 2.17. The number of thiocarbonyl (C=S) groups is 1. The Labute approximate surface area is 78.2 Å². The molecule has 0 radical (unpaired) electrons. The third-order valence-electron chi connectivity index (χ3n) is 2.39. The molecular weight excluding hydrogens is 194 g/mol. The van der Waals surface area contributed by atoms with E-state index in [0.29, 0.717) is 17.8 Å². The summed E-state index contributed by atoms with van der Waals surface area (Å²) in [5.41, 5.74) is 5.44. The predicted molar refractivity (Wildman–Crippen MR) is 52.8 cm³/mol. The Morgan fingerprint density at radius 2 is 2.08 bits per heavy atom. The highest BCUT2D eigenvalue weighted by molar-refractivity contribution is 7.91. The molecule has 0 aromatic rings. The molecule has 0 amide bonds. The van der Waals surface area contributed by atoms with Crippen LogP contribution >= 0.6 is 12.2 Å². The van der Waals surface area contributed by atoms with Crippen molar-refractivity contribution in [2.45, 2.75) is 24.5 Å². The minimum atomic E-state index is -2.88. The number of nitrogens with two attached hydrogens (primary N) is 1. The molecule has 0 heterocycles. The highest BCUT2D eigenvalue weighted by Crippen LogP contribution is 2.30. The average molecular weight is 207 g/mol. The number of hydrogen-bond donors (Lipinski definition) is 1. The lowest BCUT2D eigenvalue weighted by Crippen LogP contribution is -2.21. The lowest BCUT2D eigenvalue weighted by molar-refractivity contribution is 0.584. The SMILES string of the molecule is CS(=O)(=O)[C@H]1CC[C@@H](C(N)=S)C1. The molecule has 1 rings (SSSR count). The summed E-state index contributed by atoms with van der Waals surface area (Å²) in [6.45, 7) is 0. The third-order valence-corrected chi connectivity index (χ3v) is 4.36. The smallest absolute Gasteiger partial charge is 0.150 e. The van der Waals surface area contributed by atoms with Gasteiger partial charge in [0.25, 0.3) is 0 Å². The summed E-state index contributed by atoms with van der Waals surface area (Å²) in [7, 11) is -2.88. The normalized spacial score (nSPS) is 30.4. The van der Waals surface area contributed by atoms with Crippen molar-refractivity contribution in [3.63, 3.8) is 0 Å². The quantitative estimate of drug-likeness (QED) is 0.669. The predicted octanol–water partition coefficient (Wildman–Crippen LogP) is 0.486. The fraction of sp³-hybridized carbons (Fsp3) is 0.857. The molecule has 1 aliphatic carbocycles. The van der Waals surface area contributed by atoms with Crippen molar-refractivity contribution < 1.29 is 8.42 Å². The van der Waals surface area contributed by atoms with Crippen LogP contribution in [0.25, 0.3) is 0 Å². The van der Waals surface area contributed by atoms with Gasteiger partial charge in [0.15, 0.2) is 0 Å². The first kappa shape index (κ1) is 9.92. The Hall–Kier alpha value is -0.160. The van der Waals surface area contributed by atoms with Crippen LogP contribution in [0.3, 0.4) is 0 Å². The monoisotopic (exact) mass is 207 g/mol. The summed E-state index contributed by atoms with van der Waals surface area (Å²) in [6.07, 6.45) is 3.43. The van der Waals surface area contributed by atoms with Gasteiger partial charge in [-0.3, -0.25) is 0 Å². The van der Waals surface area contributed by atoms with Crippen molar-refractivity contribution in [1.29, 1.82) is 0 Å². The molecule has 0 spiro atoms. The maximum atomic E-state index is 11.1. The van der Waals surface area contributed by atoms with E-state index < -0.39 is 9.84 Å². The van der Waals surface area contributed by atoms with Crippen molar-refractivity contribution in [3.8, 4) is 0 Å². The van der Waals surface area contributed by atoms with Gasteiger partial charge in [-0.05, 0) is 19.3 Å². The van der Waals surface area contributed by atoms with Gasteiger partial charge in [0.2, 0.25) is 0 Å². The van der Waals surface area contributed by atoms with Gasteiger partial charge in [0.05, 0.1) is 10.2 Å². The van der Waals surface area contributed by atoms with Gasteiger partial charge in [-0.2, -0.15) is 0 Å². The van der Waals surface area contributed by atoms with Crippen LogP contribution in [0, 0.1) is 5.92 Å². The van der Waals surface area contributed by atoms with Crippen LogP contribution in [0.4, 0.5) is 0 Å². The highest BCUT2D eigenvalue weighted by Gasteiger charge is 2.32. The van der Waals surface area contributed by atoms with Crippen LogP contribution in [0.5, 0.6) is 0 Å². The molecular formula is C7H13NO2S2. The summed E-state index contributed by atoms with van der Waals surface area (Å²) in [5, 5.41) is -0.219. The largest absolute Gasteiger partial charge is 0.393 e. The highest BCUT2D eigenvalue weighted by atomic mass is 32.2. The van der Waals surface area contributed by atoms with E-state index in [9.17, 15) is 8.42 Å². The molecule has 0 unspecified atom stereocenters. The van der Waals surface area contributed by atoms with E-state index in [1.54, 1.807) is 0 Å². The number of sulfone groups is 1. The maximum absolute atomic E-state index is 11.1. The zero-order chi connectivity index (χ0) is 9.35. The Kier molecular flexibility index (Phi) is 2.73. The number of rotatable bonds is 2. The lowest BCUT2D eigenvalue weighted by Gasteiger charge is -2.07. The summed E-state index contributed by atoms with van der Waals surface area (Å²) in [6, 6.07) is 0. The second-order valence-corrected chi connectivity index (χ2v) is 6.16. The minimum Gasteiger partial charge on any atom is -0.393 e. The van der Waals surface area contributed by atoms with Crippen LogP contribution < -0.4 is 5.73 Å². The van der Waals surface area contributed by atoms with Crippen molar-refractivity contribution >= 4 is 27.0 Å². The zero-order valence-electron chi connectivity index (χ0n) is 6.99. The van der Waals surface area contributed by atoms with Gasteiger partial charge in [-0.1, -0.05) is 12.2 Å². The maximum Gasteiger partial charge on any atom is 0.150 e. The van der Waals surface area contributed by atoms with Crippen LogP contribution in [0.1, 0.15) is 19.3 Å². The Morgan fingerprint density at radius 3 is 2.33 bits per heavy atom. The molecule has 0 aliphatic heterocycles. The molecule has 1 saturated carbocycles. The molecule has 0 aromatic carbocycles. The molecule has 0 aromatic heterocycles. The van der Waals surface area contributed by atoms with Gasteiger partial charge >= 0.3 is 0 Å². The van der Waals surface area contributed by atoms with E-state index in [4.69, 9.17) is 18.0 Å². The van der Waals surface area contributed by atoms with E-state index in [1.807, 2.05) is 0 Å². The summed E-state index contributed by atoms with van der Waals surface area (Å²) < 4.78 is 22.2. The van der Waals surface area contributed by atoms with Gasteiger partial charge in [-0.15, -0.1) is 0 Å². The van der Waals surface area contributed by atoms with Crippen molar-refractivity contribution in [2.24, 2.45) is 11.7 Å². The zero-order valence-corrected chi connectivity index (χ0v) is 8.62. The first-order chi connectivity index (χ1) is 5.41. The van der Waals surface area contributed by atoms with Crippen LogP contribution in [0.2, 0.25) is 0 Å². The minimum absolute atomic E-state index is 0.139. The van der Waals surface area contributed by atoms with Crippen molar-refractivity contribution in [2.75, 3.05) is 6.26 Å². The van der Waals surface area contributed by atoms with Gasteiger partial charge in [0.1, 0.15) is 9.84 Å². The van der Waals surface area contributed by atoms with Crippen molar-refractivity contribution in [1.82, 2.24) is 0 Å². The molecule has 3 nitrogen and oxygen atoms in total. The number of hydrogen-bond acceptors (Lipinski definition) is 3. The Balaban J connectivity index is 2.64. The fourth-order valence-corrected chi connectivity index (χ4v) is 2.95. The van der Waals surface area contributed by atoms with Crippen LogP contribution in [-0.2, 0) is 9.84 Å². The first-order valence-electron chi connectivity index (χ1n) is 3.89. The molecule has 5 heteroatoms. The van der Waals surface area contributed by atoms with Crippen LogP contribution in [0.15, 0.2) is 0 Å². The van der Waals surface area contributed by atoms with E-state index in [-0.39, 0.29) is 11.2 Å². The lowest BCUT2D eigenvalue weighted by atomic mass is 10.1. The average Bonchev–Trinajstić information content (AvgIpc) is 2.30. The molecule has 2 N–H and O–H groups in total. The summed E-state index contributed by atoms with van der Waals surface area (Å²) >= 11 is 4.81. The first-order valence-corrected chi connectivity index (χ1v) is 6.25. The molecule has 0 bridgehead atoms. The van der Waals surface area contributed by atoms with Crippen LogP contribution in [-0.4, -0.2) is 24.9 Å². The van der Waals surface area contributed by atoms with Gasteiger partial charge < -0.3 is 5.73 Å². The Morgan fingerprint density at radius 1 is 1.50 bits per heavy atom. The van der Waals surface area contributed by atoms with E-state index >= 15 is 0 Å². The molecule has 2 atom stereocenters. The van der Waals surface area contributed by atoms with Gasteiger partial charge in [-0.25, -0.2) is 8.42 Å². The Bertz CT molecular complexity index is 284. The molecule has 1 aliphatic rings. The van der Waals surface area contributed by atoms with E-state index in [1.165, 1.54) is 6.26 Å². The molecule has 0 saturated heterocycles. The second-order valence-electron chi connectivity index (χ2n) is 3.36. The van der Waals surface area contributed by atoms with E-state index in [2.05, 4.69) is 0 Å². The van der Waals surface area contributed by atoms with Gasteiger partial charge in [0, 0.05) is 12.2 Å². The molecule has 1 fully saturated rings. The summed E-state index contributed by atoms with van der Waals surface area (Å²) in [4.78, 5) is 0.459. The van der Waals surface area contributed by atoms with Crippen molar-refractivity contribution in [3.05, 3.63) is 0 Å². The fourth-order valence-electron chi connectivity index (χ4n) is 1.59.